The molecule has 0 unspecified atom stereocenters. The second-order valence-electron chi connectivity index (χ2n) is 6.86. The van der Waals surface area contributed by atoms with Crippen molar-refractivity contribution in [2.45, 2.75) is 60.3 Å². The van der Waals surface area contributed by atoms with Crippen LogP contribution in [0.4, 0.5) is 0 Å². The topological polar surface area (TPSA) is 47.9 Å². The largest absolute Gasteiger partial charge is 0.394 e. The fraction of sp³-hybridized carbons (Fsp3) is 1.00. The van der Waals surface area contributed by atoms with E-state index in [-0.39, 0.29) is 17.4 Å². The van der Waals surface area contributed by atoms with Gasteiger partial charge in [-0.05, 0) is 30.1 Å². The van der Waals surface area contributed by atoms with Crippen LogP contribution in [0.3, 0.4) is 0 Å². The Morgan fingerprint density at radius 2 is 1.27 bits per heavy atom. The van der Waals surface area contributed by atoms with Crippen LogP contribution in [0.15, 0.2) is 0 Å². The van der Waals surface area contributed by atoms with Gasteiger partial charge < -0.3 is 19.3 Å². The van der Waals surface area contributed by atoms with Gasteiger partial charge in [-0.2, -0.15) is 0 Å². The van der Waals surface area contributed by atoms with Crippen LogP contribution >= 0.6 is 0 Å². The third-order valence-electron chi connectivity index (χ3n) is 5.04. The molecule has 0 aliphatic carbocycles. The summed E-state index contributed by atoms with van der Waals surface area (Å²) in [6, 6.07) is 0. The Balaban J connectivity index is 4.07. The Morgan fingerprint density at radius 1 is 0.727 bits per heavy atom. The van der Waals surface area contributed by atoms with Crippen molar-refractivity contribution < 1.29 is 19.3 Å². The first kappa shape index (κ1) is 21.8. The van der Waals surface area contributed by atoms with Crippen LogP contribution in [-0.2, 0) is 14.2 Å². The highest BCUT2D eigenvalue weighted by atomic mass is 16.5. The molecule has 0 spiro atoms. The Kier molecular flexibility index (Phi) is 12.2. The van der Waals surface area contributed by atoms with E-state index in [0.29, 0.717) is 19.8 Å². The van der Waals surface area contributed by atoms with Gasteiger partial charge in [0.15, 0.2) is 0 Å². The molecule has 1 atom stereocenters. The molecule has 22 heavy (non-hydrogen) atoms. The maximum absolute atomic E-state index is 8.62. The van der Waals surface area contributed by atoms with Gasteiger partial charge in [-0.25, -0.2) is 0 Å². The Labute approximate surface area is 137 Å². The van der Waals surface area contributed by atoms with Crippen LogP contribution in [0.1, 0.15) is 60.3 Å². The van der Waals surface area contributed by atoms with E-state index in [4.69, 9.17) is 19.3 Å². The normalized spacial score (nSPS) is 15.0. The van der Waals surface area contributed by atoms with Crippen LogP contribution in [-0.4, -0.2) is 51.4 Å². The van der Waals surface area contributed by atoms with E-state index in [1.807, 2.05) is 0 Å². The summed E-state index contributed by atoms with van der Waals surface area (Å²) < 4.78 is 16.5. The summed E-state index contributed by atoms with van der Waals surface area (Å²) in [6.07, 6.45) is 4.36. The monoisotopic (exact) mass is 318 g/mol. The van der Waals surface area contributed by atoms with Crippen molar-refractivity contribution in [2.24, 2.45) is 10.8 Å². The van der Waals surface area contributed by atoms with Gasteiger partial charge in [-0.15, -0.1) is 0 Å². The molecule has 0 aromatic rings. The van der Waals surface area contributed by atoms with E-state index in [9.17, 15) is 0 Å². The van der Waals surface area contributed by atoms with Gasteiger partial charge in [-0.1, -0.05) is 41.0 Å². The quantitative estimate of drug-likeness (QED) is 0.468. The molecule has 4 nitrogen and oxygen atoms in total. The molecule has 0 aliphatic rings. The fourth-order valence-corrected chi connectivity index (χ4v) is 2.55. The first-order valence-electron chi connectivity index (χ1n) is 8.77. The first-order chi connectivity index (χ1) is 10.4. The zero-order valence-corrected chi connectivity index (χ0v) is 15.5. The second-order valence-corrected chi connectivity index (χ2v) is 6.86. The number of aliphatic hydroxyl groups is 1. The summed E-state index contributed by atoms with van der Waals surface area (Å²) in [7, 11) is 0. The van der Waals surface area contributed by atoms with E-state index >= 15 is 0 Å². The minimum atomic E-state index is 0.0714. The van der Waals surface area contributed by atoms with Crippen LogP contribution in [0.5, 0.6) is 0 Å². The Bertz CT molecular complexity index is 255. The Hall–Kier alpha value is -0.160. The minimum absolute atomic E-state index is 0.0714. The highest BCUT2D eigenvalue weighted by molar-refractivity contribution is 4.88. The average Bonchev–Trinajstić information content (AvgIpc) is 2.50. The second kappa shape index (κ2) is 12.3. The highest BCUT2D eigenvalue weighted by Crippen LogP contribution is 2.46. The fourth-order valence-electron chi connectivity index (χ4n) is 2.55. The summed E-state index contributed by atoms with van der Waals surface area (Å²) in [4.78, 5) is 0. The smallest absolute Gasteiger partial charge is 0.0701 e. The molecule has 134 valence electrons. The molecule has 0 aromatic heterocycles. The van der Waals surface area contributed by atoms with Crippen LogP contribution in [0.2, 0.25) is 0 Å². The van der Waals surface area contributed by atoms with Gasteiger partial charge in [0.25, 0.3) is 0 Å². The lowest BCUT2D eigenvalue weighted by Gasteiger charge is -2.44. The van der Waals surface area contributed by atoms with Crippen molar-refractivity contribution in [1.29, 1.82) is 0 Å². The molecule has 0 fully saturated rings. The Morgan fingerprint density at radius 3 is 1.82 bits per heavy atom. The average molecular weight is 318 g/mol. The van der Waals surface area contributed by atoms with E-state index in [0.717, 1.165) is 45.5 Å². The van der Waals surface area contributed by atoms with Crippen LogP contribution in [0, 0.1) is 10.8 Å². The lowest BCUT2D eigenvalue weighted by Crippen LogP contribution is -2.37. The third-order valence-corrected chi connectivity index (χ3v) is 5.04. The molecule has 0 amide bonds. The van der Waals surface area contributed by atoms with E-state index < -0.39 is 0 Å². The van der Waals surface area contributed by atoms with Gasteiger partial charge >= 0.3 is 0 Å². The summed E-state index contributed by atoms with van der Waals surface area (Å²) in [5, 5.41) is 8.62. The summed E-state index contributed by atoms with van der Waals surface area (Å²) >= 11 is 0. The van der Waals surface area contributed by atoms with Gasteiger partial charge in [-0.3, -0.25) is 0 Å². The molecular weight excluding hydrogens is 280 g/mol. The van der Waals surface area contributed by atoms with Gasteiger partial charge in [0.05, 0.1) is 26.4 Å². The zero-order valence-electron chi connectivity index (χ0n) is 15.5. The van der Waals surface area contributed by atoms with Crippen molar-refractivity contribution >= 4 is 0 Å². The molecule has 1 N–H and O–H groups in total. The lowest BCUT2D eigenvalue weighted by atomic mass is 9.62. The molecule has 0 aromatic carbocycles. The van der Waals surface area contributed by atoms with Crippen molar-refractivity contribution in [2.75, 3.05) is 46.2 Å². The maximum atomic E-state index is 8.62. The number of aliphatic hydroxyl groups excluding tert-OH is 1. The molecule has 0 heterocycles. The molecule has 0 radical (unpaired) electrons. The number of rotatable bonds is 15. The van der Waals surface area contributed by atoms with Crippen molar-refractivity contribution in [1.82, 2.24) is 0 Å². The van der Waals surface area contributed by atoms with Gasteiger partial charge in [0, 0.05) is 19.8 Å². The molecule has 0 saturated carbocycles. The standard InChI is InChI=1S/C18H38O4/c1-6-11-20-13-9-18(5,7-2)17(3,4)8-12-21-15-16-22-14-10-19/h19H,6-16H2,1-5H3/t18-/m0/s1. The van der Waals surface area contributed by atoms with Crippen LogP contribution < -0.4 is 0 Å². The maximum Gasteiger partial charge on any atom is 0.0701 e. The lowest BCUT2D eigenvalue weighted by molar-refractivity contribution is -0.0121. The van der Waals surface area contributed by atoms with E-state index in [2.05, 4.69) is 34.6 Å². The summed E-state index contributed by atoms with van der Waals surface area (Å²) in [5.74, 6) is 0. The van der Waals surface area contributed by atoms with Gasteiger partial charge in [0.1, 0.15) is 0 Å². The summed E-state index contributed by atoms with van der Waals surface area (Å²) in [5.41, 5.74) is 0.473. The molecule has 0 rings (SSSR count). The predicted octanol–water partition coefficient (Wildman–Crippen LogP) is 3.66. The first-order valence-corrected chi connectivity index (χ1v) is 8.77. The zero-order chi connectivity index (χ0) is 16.9. The molecule has 0 aliphatic heterocycles. The van der Waals surface area contributed by atoms with Crippen molar-refractivity contribution in [3.05, 3.63) is 0 Å². The molecular formula is C18H38O4. The SMILES string of the molecule is CCCOCC[C@](C)(CC)C(C)(C)CCOCCOCCO. The highest BCUT2D eigenvalue weighted by Gasteiger charge is 2.38. The van der Waals surface area contributed by atoms with Crippen molar-refractivity contribution in [3.63, 3.8) is 0 Å². The van der Waals surface area contributed by atoms with Crippen LogP contribution in [0.25, 0.3) is 0 Å². The molecule has 0 saturated heterocycles. The number of hydrogen-bond donors (Lipinski definition) is 1. The third kappa shape index (κ3) is 8.47. The summed E-state index contributed by atoms with van der Waals surface area (Å²) in [6.45, 7) is 15.5. The number of ether oxygens (including phenoxy) is 3. The van der Waals surface area contributed by atoms with E-state index in [1.54, 1.807) is 0 Å². The predicted molar refractivity (Wildman–Crippen MR) is 91.2 cm³/mol. The molecule has 0 bridgehead atoms. The van der Waals surface area contributed by atoms with E-state index in [1.165, 1.54) is 0 Å². The molecule has 4 heteroatoms. The minimum Gasteiger partial charge on any atom is -0.394 e. The van der Waals surface area contributed by atoms with Crippen molar-refractivity contribution in [3.8, 4) is 0 Å². The number of hydrogen-bond acceptors (Lipinski definition) is 4. The van der Waals surface area contributed by atoms with Gasteiger partial charge in [0.2, 0.25) is 0 Å².